The van der Waals surface area contributed by atoms with Crippen LogP contribution in [0.2, 0.25) is 0 Å². The lowest BCUT2D eigenvalue weighted by Crippen LogP contribution is -2.10. The maximum absolute atomic E-state index is 12.3. The van der Waals surface area contributed by atoms with Gasteiger partial charge < -0.3 is 0 Å². The summed E-state index contributed by atoms with van der Waals surface area (Å²) in [7, 11) is -3.59. The van der Waals surface area contributed by atoms with Crippen molar-refractivity contribution in [2.45, 2.75) is 11.2 Å². The molecule has 2 rings (SSSR count). The second-order valence-corrected chi connectivity index (χ2v) is 5.44. The summed E-state index contributed by atoms with van der Waals surface area (Å²) in [5.41, 5.74) is 0. The molecule has 7 nitrogen and oxygen atoms in total. The zero-order valence-electron chi connectivity index (χ0n) is 9.33. The zero-order valence-corrected chi connectivity index (χ0v) is 10.1. The van der Waals surface area contributed by atoms with Gasteiger partial charge in [0.2, 0.25) is 0 Å². The van der Waals surface area contributed by atoms with Gasteiger partial charge in [0.15, 0.2) is 14.9 Å². The Balaban J connectivity index is 2.46. The molecule has 2 aromatic rings. The van der Waals surface area contributed by atoms with E-state index in [0.29, 0.717) is 4.68 Å². The van der Waals surface area contributed by atoms with Gasteiger partial charge in [0, 0.05) is 12.5 Å². The Bertz CT molecular complexity index is 709. The van der Waals surface area contributed by atoms with E-state index in [0.717, 1.165) is 24.8 Å². The van der Waals surface area contributed by atoms with E-state index in [9.17, 15) is 21.6 Å². The van der Waals surface area contributed by atoms with Crippen molar-refractivity contribution >= 4 is 9.84 Å². The van der Waals surface area contributed by atoms with Gasteiger partial charge in [-0.2, -0.15) is 22.8 Å². The van der Waals surface area contributed by atoms with Crippen molar-refractivity contribution in [1.82, 2.24) is 24.7 Å². The standard InChI is InChI=1S/C8H6F3N5O2S/c1-19(17,18)5-2-3-12-7(14-5)16-4-13-6(15-16)8(9,10)11/h2-4H,1H3. The highest BCUT2D eigenvalue weighted by molar-refractivity contribution is 7.90. The molecule has 0 fully saturated rings. The molecule has 0 spiro atoms. The first-order chi connectivity index (χ1) is 8.68. The van der Waals surface area contributed by atoms with Gasteiger partial charge in [0.05, 0.1) is 0 Å². The lowest BCUT2D eigenvalue weighted by Gasteiger charge is -2.01. The number of sulfone groups is 1. The molecule has 0 aliphatic rings. The molecular formula is C8H6F3N5O2S. The van der Waals surface area contributed by atoms with Gasteiger partial charge in [-0.15, -0.1) is 5.10 Å². The Morgan fingerprint density at radius 1 is 1.26 bits per heavy atom. The van der Waals surface area contributed by atoms with E-state index in [1.54, 1.807) is 0 Å². The van der Waals surface area contributed by atoms with E-state index in [-0.39, 0.29) is 11.0 Å². The third-order valence-electron chi connectivity index (χ3n) is 1.95. The molecule has 0 N–H and O–H groups in total. The minimum absolute atomic E-state index is 0.314. The van der Waals surface area contributed by atoms with Crippen LogP contribution >= 0.6 is 0 Å². The fourth-order valence-corrected chi connectivity index (χ4v) is 1.69. The van der Waals surface area contributed by atoms with Crippen LogP contribution in [0.4, 0.5) is 13.2 Å². The fourth-order valence-electron chi connectivity index (χ4n) is 1.14. The first-order valence-corrected chi connectivity index (χ1v) is 6.59. The van der Waals surface area contributed by atoms with E-state index in [4.69, 9.17) is 0 Å². The number of rotatable bonds is 2. The fraction of sp³-hybridized carbons (Fsp3) is 0.250. The Labute approximate surface area is 105 Å². The quantitative estimate of drug-likeness (QED) is 0.748. The first kappa shape index (κ1) is 13.4. The van der Waals surface area contributed by atoms with Crippen LogP contribution in [0.3, 0.4) is 0 Å². The summed E-state index contributed by atoms with van der Waals surface area (Å²) in [5.74, 6) is -1.67. The van der Waals surface area contributed by atoms with E-state index in [2.05, 4.69) is 20.1 Å². The molecule has 0 unspecified atom stereocenters. The summed E-state index contributed by atoms with van der Waals surface area (Å²) < 4.78 is 60.1. The predicted octanol–water partition coefficient (Wildman–Crippen LogP) is 0.480. The topological polar surface area (TPSA) is 90.6 Å². The predicted molar refractivity (Wildman–Crippen MR) is 55.1 cm³/mol. The maximum Gasteiger partial charge on any atom is 0.453 e. The van der Waals surface area contributed by atoms with Crippen LogP contribution in [0.25, 0.3) is 5.95 Å². The molecule has 2 heterocycles. The van der Waals surface area contributed by atoms with Crippen molar-refractivity contribution in [1.29, 1.82) is 0 Å². The highest BCUT2D eigenvalue weighted by atomic mass is 32.2. The normalized spacial score (nSPS) is 12.6. The Morgan fingerprint density at radius 3 is 2.47 bits per heavy atom. The second-order valence-electron chi connectivity index (χ2n) is 3.48. The average Bonchev–Trinajstić information content (AvgIpc) is 2.77. The van der Waals surface area contributed by atoms with Crippen LogP contribution in [0.15, 0.2) is 23.6 Å². The minimum Gasteiger partial charge on any atom is -0.222 e. The van der Waals surface area contributed by atoms with Gasteiger partial charge in [-0.25, -0.2) is 18.4 Å². The van der Waals surface area contributed by atoms with E-state index >= 15 is 0 Å². The molecule has 0 saturated carbocycles. The van der Waals surface area contributed by atoms with Crippen LogP contribution in [-0.2, 0) is 16.0 Å². The first-order valence-electron chi connectivity index (χ1n) is 4.70. The molecule has 2 aromatic heterocycles. The van der Waals surface area contributed by atoms with Gasteiger partial charge in [0.25, 0.3) is 11.8 Å². The number of nitrogens with zero attached hydrogens (tertiary/aromatic N) is 5. The summed E-state index contributed by atoms with van der Waals surface area (Å²) in [6, 6.07) is 1.13. The van der Waals surface area contributed by atoms with Crippen LogP contribution in [-0.4, -0.2) is 39.4 Å². The molecule has 0 atom stereocenters. The van der Waals surface area contributed by atoms with Crippen LogP contribution in [0.5, 0.6) is 0 Å². The van der Waals surface area contributed by atoms with Crippen LogP contribution < -0.4 is 0 Å². The number of aromatic nitrogens is 5. The van der Waals surface area contributed by atoms with Crippen molar-refractivity contribution in [2.75, 3.05) is 6.26 Å². The summed E-state index contributed by atoms with van der Waals surface area (Å²) >= 11 is 0. The van der Waals surface area contributed by atoms with Crippen molar-refractivity contribution in [3.8, 4) is 5.95 Å². The van der Waals surface area contributed by atoms with Gasteiger partial charge in [-0.3, -0.25) is 0 Å². The van der Waals surface area contributed by atoms with Gasteiger partial charge in [-0.1, -0.05) is 0 Å². The summed E-state index contributed by atoms with van der Waals surface area (Å²) in [6.45, 7) is 0. The van der Waals surface area contributed by atoms with Crippen molar-refractivity contribution in [3.05, 3.63) is 24.4 Å². The number of alkyl halides is 3. The minimum atomic E-state index is -4.69. The monoisotopic (exact) mass is 293 g/mol. The van der Waals surface area contributed by atoms with Crippen LogP contribution in [0.1, 0.15) is 5.82 Å². The molecule has 102 valence electrons. The van der Waals surface area contributed by atoms with Gasteiger partial charge in [0.1, 0.15) is 6.33 Å². The van der Waals surface area contributed by atoms with Crippen molar-refractivity contribution < 1.29 is 21.6 Å². The smallest absolute Gasteiger partial charge is 0.222 e. The largest absolute Gasteiger partial charge is 0.453 e. The molecule has 0 bridgehead atoms. The maximum atomic E-state index is 12.3. The summed E-state index contributed by atoms with van der Waals surface area (Å²) in [4.78, 5) is 10.3. The molecule has 19 heavy (non-hydrogen) atoms. The lowest BCUT2D eigenvalue weighted by atomic mass is 10.6. The highest BCUT2D eigenvalue weighted by Crippen LogP contribution is 2.25. The van der Waals surface area contributed by atoms with E-state index in [1.807, 2.05) is 0 Å². The molecule has 0 aromatic carbocycles. The molecule has 0 radical (unpaired) electrons. The SMILES string of the molecule is CS(=O)(=O)c1ccnc(-n2cnc(C(F)(F)F)n2)n1. The van der Waals surface area contributed by atoms with Crippen molar-refractivity contribution in [3.63, 3.8) is 0 Å². The molecule has 0 aliphatic heterocycles. The Hall–Kier alpha value is -2.04. The number of hydrogen-bond donors (Lipinski definition) is 0. The summed E-state index contributed by atoms with van der Waals surface area (Å²) in [5, 5.41) is 2.82. The third kappa shape index (κ3) is 2.86. The molecule has 11 heteroatoms. The average molecular weight is 293 g/mol. The van der Waals surface area contributed by atoms with Crippen molar-refractivity contribution in [2.24, 2.45) is 0 Å². The highest BCUT2D eigenvalue weighted by Gasteiger charge is 2.36. The molecular weight excluding hydrogens is 287 g/mol. The zero-order chi connectivity index (χ0) is 14.3. The number of hydrogen-bond acceptors (Lipinski definition) is 6. The second kappa shape index (κ2) is 4.26. The Morgan fingerprint density at radius 2 is 1.95 bits per heavy atom. The van der Waals surface area contributed by atoms with Crippen LogP contribution in [0, 0.1) is 0 Å². The molecule has 0 saturated heterocycles. The summed E-state index contributed by atoms with van der Waals surface area (Å²) in [6.07, 6.45) is -1.92. The lowest BCUT2D eigenvalue weighted by molar-refractivity contribution is -0.144. The molecule has 0 aliphatic carbocycles. The van der Waals surface area contributed by atoms with E-state index in [1.165, 1.54) is 0 Å². The number of halogens is 3. The molecule has 0 amide bonds. The van der Waals surface area contributed by atoms with Gasteiger partial charge >= 0.3 is 6.18 Å². The Kier molecular flexibility index (Phi) is 3.00. The van der Waals surface area contributed by atoms with Gasteiger partial charge in [-0.05, 0) is 6.07 Å². The third-order valence-corrected chi connectivity index (χ3v) is 2.93. The van der Waals surface area contributed by atoms with E-state index < -0.39 is 21.8 Å².